The standard InChI is InChI=1S/C9H16N2O2/c1-10-8(12)4-11-5-9(13,6-11)7-2-3-7/h7,13H,2-6H2,1H3,(H,10,12). The fourth-order valence-electron chi connectivity index (χ4n) is 2.00. The van der Waals surface area contributed by atoms with Crippen LogP contribution >= 0.6 is 0 Å². The number of hydrogen-bond acceptors (Lipinski definition) is 3. The molecule has 0 aromatic rings. The Hall–Kier alpha value is -0.610. The number of nitrogens with one attached hydrogen (secondary N) is 1. The quantitative estimate of drug-likeness (QED) is 0.603. The van der Waals surface area contributed by atoms with Crippen LogP contribution in [-0.4, -0.2) is 48.2 Å². The van der Waals surface area contributed by atoms with Gasteiger partial charge in [-0.2, -0.15) is 0 Å². The Morgan fingerprint density at radius 1 is 1.62 bits per heavy atom. The summed E-state index contributed by atoms with van der Waals surface area (Å²) in [4.78, 5) is 13.0. The molecule has 0 radical (unpaired) electrons. The molecular formula is C9H16N2O2. The van der Waals surface area contributed by atoms with Crippen LogP contribution in [0.4, 0.5) is 0 Å². The van der Waals surface area contributed by atoms with Crippen molar-refractivity contribution in [2.24, 2.45) is 5.92 Å². The fraction of sp³-hybridized carbons (Fsp3) is 0.889. The predicted molar refractivity (Wildman–Crippen MR) is 48.2 cm³/mol. The van der Waals surface area contributed by atoms with Gasteiger partial charge >= 0.3 is 0 Å². The second-order valence-corrected chi connectivity index (χ2v) is 4.20. The van der Waals surface area contributed by atoms with Crippen LogP contribution < -0.4 is 5.32 Å². The van der Waals surface area contributed by atoms with Gasteiger partial charge in [0.05, 0.1) is 12.1 Å². The molecule has 1 aliphatic carbocycles. The lowest BCUT2D eigenvalue weighted by Gasteiger charge is -2.46. The van der Waals surface area contributed by atoms with Gasteiger partial charge in [0.25, 0.3) is 0 Å². The van der Waals surface area contributed by atoms with Gasteiger partial charge in [0, 0.05) is 20.1 Å². The van der Waals surface area contributed by atoms with E-state index in [1.807, 2.05) is 4.90 Å². The van der Waals surface area contributed by atoms with E-state index < -0.39 is 5.60 Å². The zero-order valence-electron chi connectivity index (χ0n) is 7.92. The van der Waals surface area contributed by atoms with Crippen molar-refractivity contribution in [3.05, 3.63) is 0 Å². The zero-order valence-corrected chi connectivity index (χ0v) is 7.92. The monoisotopic (exact) mass is 184 g/mol. The first kappa shape index (κ1) is 8.97. The molecule has 2 aliphatic rings. The van der Waals surface area contributed by atoms with Crippen LogP contribution in [-0.2, 0) is 4.79 Å². The molecule has 0 bridgehead atoms. The number of hydrogen-bond donors (Lipinski definition) is 2. The van der Waals surface area contributed by atoms with Gasteiger partial charge in [-0.05, 0) is 18.8 Å². The van der Waals surface area contributed by atoms with Crippen LogP contribution in [0.3, 0.4) is 0 Å². The van der Waals surface area contributed by atoms with Crippen molar-refractivity contribution < 1.29 is 9.90 Å². The average Bonchev–Trinajstić information content (AvgIpc) is 2.83. The number of rotatable bonds is 3. The average molecular weight is 184 g/mol. The third kappa shape index (κ3) is 1.69. The summed E-state index contributed by atoms with van der Waals surface area (Å²) >= 11 is 0. The molecule has 1 saturated heterocycles. The van der Waals surface area contributed by atoms with Gasteiger partial charge in [0.1, 0.15) is 0 Å². The fourth-order valence-corrected chi connectivity index (χ4v) is 2.00. The molecule has 0 spiro atoms. The molecule has 0 aromatic carbocycles. The van der Waals surface area contributed by atoms with Crippen LogP contribution in [0.2, 0.25) is 0 Å². The van der Waals surface area contributed by atoms with Crippen molar-refractivity contribution >= 4 is 5.91 Å². The molecule has 0 unspecified atom stereocenters. The second kappa shape index (κ2) is 2.96. The third-order valence-electron chi connectivity index (χ3n) is 2.98. The molecular weight excluding hydrogens is 168 g/mol. The maximum atomic E-state index is 11.0. The largest absolute Gasteiger partial charge is 0.387 e. The van der Waals surface area contributed by atoms with Crippen LogP contribution in [0.15, 0.2) is 0 Å². The van der Waals surface area contributed by atoms with Gasteiger partial charge in [-0.3, -0.25) is 9.69 Å². The van der Waals surface area contributed by atoms with E-state index in [0.717, 1.165) is 12.8 Å². The van der Waals surface area contributed by atoms with E-state index in [1.54, 1.807) is 7.05 Å². The Morgan fingerprint density at radius 2 is 2.23 bits per heavy atom. The topological polar surface area (TPSA) is 52.6 Å². The molecule has 4 heteroatoms. The first-order valence-corrected chi connectivity index (χ1v) is 4.79. The summed E-state index contributed by atoms with van der Waals surface area (Å²) in [6.07, 6.45) is 2.31. The number of nitrogens with zero attached hydrogens (tertiary/aromatic N) is 1. The predicted octanol–water partition coefficient (Wildman–Crippen LogP) is -0.811. The number of likely N-dealkylation sites (tertiary alicyclic amines) is 1. The Balaban J connectivity index is 1.74. The molecule has 2 fully saturated rings. The summed E-state index contributed by atoms with van der Waals surface area (Å²) in [6, 6.07) is 0. The van der Waals surface area contributed by atoms with Crippen LogP contribution in [0.5, 0.6) is 0 Å². The Kier molecular flexibility index (Phi) is 2.04. The van der Waals surface area contributed by atoms with Gasteiger partial charge < -0.3 is 10.4 Å². The van der Waals surface area contributed by atoms with E-state index in [9.17, 15) is 9.90 Å². The summed E-state index contributed by atoms with van der Waals surface area (Å²) in [5, 5.41) is 12.5. The van der Waals surface area contributed by atoms with Crippen molar-refractivity contribution in [3.63, 3.8) is 0 Å². The molecule has 2 rings (SSSR count). The lowest BCUT2D eigenvalue weighted by atomic mass is 9.89. The van der Waals surface area contributed by atoms with E-state index in [0.29, 0.717) is 25.6 Å². The molecule has 0 atom stereocenters. The van der Waals surface area contributed by atoms with E-state index >= 15 is 0 Å². The maximum absolute atomic E-state index is 11.0. The first-order valence-electron chi connectivity index (χ1n) is 4.79. The normalized spacial score (nSPS) is 26.6. The van der Waals surface area contributed by atoms with Crippen LogP contribution in [0.25, 0.3) is 0 Å². The van der Waals surface area contributed by atoms with Crippen LogP contribution in [0.1, 0.15) is 12.8 Å². The molecule has 74 valence electrons. The summed E-state index contributed by atoms with van der Waals surface area (Å²) in [5.41, 5.74) is -0.464. The molecule has 1 amide bonds. The highest BCUT2D eigenvalue weighted by Crippen LogP contribution is 2.44. The van der Waals surface area contributed by atoms with Gasteiger partial charge in [-0.1, -0.05) is 0 Å². The minimum atomic E-state index is -0.464. The minimum absolute atomic E-state index is 0.0258. The number of amides is 1. The number of aliphatic hydroxyl groups is 1. The molecule has 1 aliphatic heterocycles. The highest BCUT2D eigenvalue weighted by atomic mass is 16.3. The molecule has 1 heterocycles. The zero-order chi connectivity index (χ0) is 9.47. The van der Waals surface area contributed by atoms with Gasteiger partial charge in [0.2, 0.25) is 5.91 Å². The lowest BCUT2D eigenvalue weighted by molar-refractivity contribution is -0.136. The van der Waals surface area contributed by atoms with E-state index in [1.165, 1.54) is 0 Å². The number of β-amino-alcohol motifs (C(OH)–C–C–N with tert-alkyl or cyclic N) is 1. The molecule has 1 saturated carbocycles. The Bertz CT molecular complexity index is 220. The number of likely N-dealkylation sites (N-methyl/N-ethyl adjacent to an activating group) is 1. The number of carbonyl (C=O) groups is 1. The molecule has 4 nitrogen and oxygen atoms in total. The Labute approximate surface area is 77.9 Å². The van der Waals surface area contributed by atoms with Crippen LogP contribution in [0, 0.1) is 5.92 Å². The first-order chi connectivity index (χ1) is 6.14. The highest BCUT2D eigenvalue weighted by molar-refractivity contribution is 5.77. The summed E-state index contributed by atoms with van der Waals surface area (Å²) in [6.45, 7) is 1.77. The maximum Gasteiger partial charge on any atom is 0.233 e. The van der Waals surface area contributed by atoms with Gasteiger partial charge in [0.15, 0.2) is 0 Å². The highest BCUT2D eigenvalue weighted by Gasteiger charge is 2.51. The van der Waals surface area contributed by atoms with E-state index in [-0.39, 0.29) is 5.91 Å². The van der Waals surface area contributed by atoms with Crippen molar-refractivity contribution in [2.45, 2.75) is 18.4 Å². The summed E-state index contributed by atoms with van der Waals surface area (Å²) in [7, 11) is 1.63. The van der Waals surface area contributed by atoms with E-state index in [4.69, 9.17) is 0 Å². The smallest absolute Gasteiger partial charge is 0.233 e. The third-order valence-corrected chi connectivity index (χ3v) is 2.98. The lowest BCUT2D eigenvalue weighted by Crippen LogP contribution is -2.64. The SMILES string of the molecule is CNC(=O)CN1CC(O)(C2CC2)C1. The van der Waals surface area contributed by atoms with Crippen molar-refractivity contribution in [1.29, 1.82) is 0 Å². The van der Waals surface area contributed by atoms with Crippen molar-refractivity contribution in [2.75, 3.05) is 26.7 Å². The minimum Gasteiger partial charge on any atom is -0.387 e. The van der Waals surface area contributed by atoms with Gasteiger partial charge in [-0.25, -0.2) is 0 Å². The van der Waals surface area contributed by atoms with E-state index in [2.05, 4.69) is 5.32 Å². The molecule has 13 heavy (non-hydrogen) atoms. The second-order valence-electron chi connectivity index (χ2n) is 4.20. The van der Waals surface area contributed by atoms with Crippen molar-refractivity contribution in [3.8, 4) is 0 Å². The van der Waals surface area contributed by atoms with Crippen molar-refractivity contribution in [1.82, 2.24) is 10.2 Å². The summed E-state index contributed by atoms with van der Waals surface area (Å²) < 4.78 is 0. The molecule has 2 N–H and O–H groups in total. The summed E-state index contributed by atoms with van der Waals surface area (Å²) in [5.74, 6) is 0.534. The number of carbonyl (C=O) groups excluding carboxylic acids is 1. The van der Waals surface area contributed by atoms with Gasteiger partial charge in [-0.15, -0.1) is 0 Å². The Morgan fingerprint density at radius 3 is 2.69 bits per heavy atom. The molecule has 0 aromatic heterocycles.